The number of carbonyl (C=O) groups is 1. The van der Waals surface area contributed by atoms with E-state index in [0.29, 0.717) is 0 Å². The largest absolute Gasteiger partial charge is 0.346 e. The molecule has 0 radical (unpaired) electrons. The minimum absolute atomic E-state index is 0.0136. The number of thioether (sulfide) groups is 1. The summed E-state index contributed by atoms with van der Waals surface area (Å²) in [4.78, 5) is 22.1. The molecule has 1 N–H and O–H groups in total. The minimum atomic E-state index is -0.0698. The van der Waals surface area contributed by atoms with Crippen molar-refractivity contribution in [2.75, 3.05) is 12.0 Å². The van der Waals surface area contributed by atoms with Gasteiger partial charge < -0.3 is 5.32 Å². The number of rotatable bonds is 8. The molecule has 4 nitrogen and oxygen atoms in total. The fourth-order valence-corrected chi connectivity index (χ4v) is 5.39. The second-order valence-electron chi connectivity index (χ2n) is 6.61. The molecule has 0 aliphatic carbocycles. The first-order valence-electron chi connectivity index (χ1n) is 9.36. The molecule has 148 valence electrons. The van der Waals surface area contributed by atoms with E-state index in [1.165, 1.54) is 0 Å². The Labute approximate surface area is 182 Å². The van der Waals surface area contributed by atoms with Gasteiger partial charge in [0.1, 0.15) is 10.0 Å². The van der Waals surface area contributed by atoms with Gasteiger partial charge >= 0.3 is 0 Å². The van der Waals surface area contributed by atoms with Gasteiger partial charge in [0.25, 0.3) is 0 Å². The van der Waals surface area contributed by atoms with E-state index in [4.69, 9.17) is 4.98 Å². The van der Waals surface area contributed by atoms with Crippen molar-refractivity contribution in [2.45, 2.75) is 18.9 Å². The molecule has 0 bridgehead atoms. The summed E-state index contributed by atoms with van der Waals surface area (Å²) in [5.41, 5.74) is 2.87. The van der Waals surface area contributed by atoms with Crippen molar-refractivity contribution < 1.29 is 4.79 Å². The van der Waals surface area contributed by atoms with E-state index in [-0.39, 0.29) is 18.4 Å². The lowest BCUT2D eigenvalue weighted by Crippen LogP contribution is -2.30. The number of hydrogen-bond acceptors (Lipinski definition) is 6. The molecule has 0 aliphatic rings. The number of hydrogen-bond donors (Lipinski definition) is 1. The zero-order chi connectivity index (χ0) is 20.1. The van der Waals surface area contributed by atoms with E-state index < -0.39 is 0 Å². The monoisotopic (exact) mass is 439 g/mol. The van der Waals surface area contributed by atoms with E-state index >= 15 is 0 Å². The predicted molar refractivity (Wildman–Crippen MR) is 125 cm³/mol. The van der Waals surface area contributed by atoms with Crippen molar-refractivity contribution in [1.29, 1.82) is 0 Å². The maximum atomic E-state index is 12.7. The highest BCUT2D eigenvalue weighted by atomic mass is 32.2. The first-order valence-corrected chi connectivity index (χ1v) is 12.5. The zero-order valence-electron chi connectivity index (χ0n) is 16.0. The van der Waals surface area contributed by atoms with Gasteiger partial charge in [0.15, 0.2) is 0 Å². The topological polar surface area (TPSA) is 54.9 Å². The Bertz CT molecular complexity index is 1060. The summed E-state index contributed by atoms with van der Waals surface area (Å²) >= 11 is 5.01. The number of nitrogens with one attached hydrogen (secondary N) is 1. The number of para-hydroxylation sites is 1. The Morgan fingerprint density at radius 1 is 1.10 bits per heavy atom. The molecule has 0 aliphatic heterocycles. The third-order valence-corrected chi connectivity index (χ3v) is 7.20. The molecule has 1 amide bonds. The van der Waals surface area contributed by atoms with Crippen molar-refractivity contribution in [3.63, 3.8) is 0 Å². The minimum Gasteiger partial charge on any atom is -0.346 e. The van der Waals surface area contributed by atoms with Crippen LogP contribution in [0.2, 0.25) is 0 Å². The first-order chi connectivity index (χ1) is 14.2. The van der Waals surface area contributed by atoms with Crippen LogP contribution in [0.15, 0.2) is 60.0 Å². The van der Waals surface area contributed by atoms with Crippen LogP contribution in [0.3, 0.4) is 0 Å². The molecule has 4 rings (SSSR count). The Balaban J connectivity index is 1.46. The molecule has 2 aromatic heterocycles. The van der Waals surface area contributed by atoms with Crippen LogP contribution in [0, 0.1) is 0 Å². The van der Waals surface area contributed by atoms with Gasteiger partial charge in [0.05, 0.1) is 28.4 Å². The third kappa shape index (κ3) is 5.04. The standard InChI is InChI=1S/C22H21N3OS3/c1-27-12-11-18(22-25-17-9-5-6-10-19(17)29-22)24-20(26)13-16-14-28-21(23-16)15-7-3-2-4-8-15/h2-10,14,18H,11-13H2,1H3,(H,24,26). The van der Waals surface area contributed by atoms with Gasteiger partial charge in [-0.15, -0.1) is 22.7 Å². The predicted octanol–water partition coefficient (Wildman–Crippen LogP) is 5.57. The third-order valence-electron chi connectivity index (χ3n) is 4.47. The summed E-state index contributed by atoms with van der Waals surface area (Å²) in [6, 6.07) is 18.1. The molecular weight excluding hydrogens is 418 g/mol. The first kappa shape index (κ1) is 20.1. The van der Waals surface area contributed by atoms with Crippen molar-refractivity contribution in [3.8, 4) is 10.6 Å². The van der Waals surface area contributed by atoms with E-state index in [0.717, 1.165) is 43.7 Å². The Morgan fingerprint density at radius 2 is 1.90 bits per heavy atom. The Hall–Kier alpha value is -2.22. The fourth-order valence-electron chi connectivity index (χ4n) is 3.04. The molecule has 1 unspecified atom stereocenters. The molecule has 4 aromatic rings. The molecule has 0 saturated carbocycles. The SMILES string of the molecule is CSCCC(NC(=O)Cc1csc(-c2ccccc2)n1)c1nc2ccccc2s1. The van der Waals surface area contributed by atoms with Crippen molar-refractivity contribution in [1.82, 2.24) is 15.3 Å². The maximum absolute atomic E-state index is 12.7. The van der Waals surface area contributed by atoms with Gasteiger partial charge in [-0.1, -0.05) is 42.5 Å². The zero-order valence-corrected chi connectivity index (χ0v) is 18.4. The number of nitrogens with zero attached hydrogens (tertiary/aromatic N) is 2. The van der Waals surface area contributed by atoms with Crippen LogP contribution >= 0.6 is 34.4 Å². The van der Waals surface area contributed by atoms with E-state index in [2.05, 4.69) is 22.6 Å². The van der Waals surface area contributed by atoms with Gasteiger partial charge in [-0.05, 0) is 30.6 Å². The summed E-state index contributed by atoms with van der Waals surface area (Å²) in [6.45, 7) is 0. The highest BCUT2D eigenvalue weighted by Crippen LogP contribution is 2.29. The number of fused-ring (bicyclic) bond motifs is 1. The second-order valence-corrected chi connectivity index (χ2v) is 9.51. The molecular formula is C22H21N3OS3. The molecule has 7 heteroatoms. The molecule has 0 saturated heterocycles. The second kappa shape index (κ2) is 9.52. The highest BCUT2D eigenvalue weighted by molar-refractivity contribution is 7.98. The number of carbonyl (C=O) groups excluding carboxylic acids is 1. The average molecular weight is 440 g/mol. The van der Waals surface area contributed by atoms with Crippen LogP contribution < -0.4 is 5.32 Å². The number of benzene rings is 2. The fraction of sp³-hybridized carbons (Fsp3) is 0.227. The van der Waals surface area contributed by atoms with Crippen LogP contribution in [-0.4, -0.2) is 27.9 Å². The molecule has 0 fully saturated rings. The summed E-state index contributed by atoms with van der Waals surface area (Å²) < 4.78 is 1.15. The van der Waals surface area contributed by atoms with E-state index in [9.17, 15) is 4.79 Å². The average Bonchev–Trinajstić information content (AvgIpc) is 3.38. The molecule has 29 heavy (non-hydrogen) atoms. The lowest BCUT2D eigenvalue weighted by molar-refractivity contribution is -0.121. The van der Waals surface area contributed by atoms with E-state index in [1.807, 2.05) is 53.9 Å². The summed E-state index contributed by atoms with van der Waals surface area (Å²) in [5, 5.41) is 7.07. The van der Waals surface area contributed by atoms with Gasteiger partial charge in [-0.25, -0.2) is 9.97 Å². The molecule has 2 heterocycles. The van der Waals surface area contributed by atoms with Crippen molar-refractivity contribution in [3.05, 3.63) is 70.7 Å². The van der Waals surface area contributed by atoms with Crippen molar-refractivity contribution in [2.24, 2.45) is 0 Å². The van der Waals surface area contributed by atoms with Crippen LogP contribution in [-0.2, 0) is 11.2 Å². The summed E-state index contributed by atoms with van der Waals surface area (Å²) in [5.74, 6) is 0.954. The van der Waals surface area contributed by atoms with Crippen LogP contribution in [0.4, 0.5) is 0 Å². The quantitative estimate of drug-likeness (QED) is 0.390. The van der Waals surface area contributed by atoms with Crippen LogP contribution in [0.25, 0.3) is 20.8 Å². The van der Waals surface area contributed by atoms with Gasteiger partial charge in [-0.2, -0.15) is 11.8 Å². The highest BCUT2D eigenvalue weighted by Gasteiger charge is 2.19. The number of amides is 1. The normalized spacial score (nSPS) is 12.2. The summed E-state index contributed by atoms with van der Waals surface area (Å²) in [7, 11) is 0. The van der Waals surface area contributed by atoms with Gasteiger partial charge in [0.2, 0.25) is 5.91 Å². The Morgan fingerprint density at radius 3 is 2.69 bits per heavy atom. The molecule has 0 spiro atoms. The van der Waals surface area contributed by atoms with Gasteiger partial charge in [0, 0.05) is 10.9 Å². The summed E-state index contributed by atoms with van der Waals surface area (Å²) in [6.07, 6.45) is 3.22. The van der Waals surface area contributed by atoms with Crippen LogP contribution in [0.1, 0.15) is 23.2 Å². The number of thiazole rings is 2. The molecule has 2 aromatic carbocycles. The van der Waals surface area contributed by atoms with E-state index in [1.54, 1.807) is 34.4 Å². The Kier molecular flexibility index (Phi) is 6.59. The van der Waals surface area contributed by atoms with Crippen LogP contribution in [0.5, 0.6) is 0 Å². The molecule has 1 atom stereocenters. The smallest absolute Gasteiger partial charge is 0.226 e. The lowest BCUT2D eigenvalue weighted by atomic mass is 10.2. The number of aromatic nitrogens is 2. The van der Waals surface area contributed by atoms with Crippen molar-refractivity contribution >= 4 is 50.6 Å². The maximum Gasteiger partial charge on any atom is 0.226 e. The lowest BCUT2D eigenvalue weighted by Gasteiger charge is -2.15. The van der Waals surface area contributed by atoms with Gasteiger partial charge in [-0.3, -0.25) is 4.79 Å².